The molecule has 6 N–H and O–H groups in total. The predicted octanol–water partition coefficient (Wildman–Crippen LogP) is 10.3. The normalized spacial score (nSPS) is 17.9. The number of nitrogens with two attached hydrogens (primary N) is 1. The molecule has 67 heavy (non-hydrogen) atoms. The molecule has 0 bridgehead atoms. The van der Waals surface area contributed by atoms with E-state index in [2.05, 4.69) is 75.7 Å². The van der Waals surface area contributed by atoms with Crippen molar-refractivity contribution in [2.75, 3.05) is 60.2 Å². The van der Waals surface area contributed by atoms with E-state index in [4.69, 9.17) is 28.9 Å². The Labute approximate surface area is 398 Å². The third-order valence-electron chi connectivity index (χ3n) is 10.7. The van der Waals surface area contributed by atoms with Crippen molar-refractivity contribution in [3.63, 3.8) is 0 Å². The van der Waals surface area contributed by atoms with Gasteiger partial charge in [0.1, 0.15) is 46.4 Å². The third kappa shape index (κ3) is 20.1. The van der Waals surface area contributed by atoms with Gasteiger partial charge in [-0.25, -0.2) is 9.97 Å². The van der Waals surface area contributed by atoms with E-state index in [0.717, 1.165) is 51.4 Å². The molecule has 0 aliphatic heterocycles. The van der Waals surface area contributed by atoms with E-state index >= 15 is 0 Å². The molecule has 366 valence electrons. The number of benzene rings is 2. The number of para-hydroxylation sites is 2. The summed E-state index contributed by atoms with van der Waals surface area (Å²) in [6.45, 7) is 1.43. The van der Waals surface area contributed by atoms with Crippen molar-refractivity contribution < 1.29 is 35.8 Å². The maximum Gasteiger partial charge on any atom is 0.573 e. The van der Waals surface area contributed by atoms with Crippen molar-refractivity contribution in [2.45, 2.75) is 96.7 Å². The molecule has 0 atom stereocenters. The van der Waals surface area contributed by atoms with Gasteiger partial charge in [-0.3, -0.25) is 0 Å². The Morgan fingerprint density at radius 1 is 0.657 bits per heavy atom. The van der Waals surface area contributed by atoms with E-state index in [0.29, 0.717) is 76.6 Å². The monoisotopic (exact) mass is 982 g/mol. The molecule has 0 saturated heterocycles. The quantitative estimate of drug-likeness (QED) is 0.0526. The molecule has 0 radical (unpaired) electrons. The highest BCUT2D eigenvalue weighted by Crippen LogP contribution is 2.30. The summed E-state index contributed by atoms with van der Waals surface area (Å²) in [6, 6.07) is 16.7. The van der Waals surface area contributed by atoms with Crippen LogP contribution in [0.2, 0.25) is 0 Å². The Morgan fingerprint density at radius 2 is 1.04 bits per heavy atom. The van der Waals surface area contributed by atoms with Crippen LogP contribution in [0.25, 0.3) is 0 Å². The minimum Gasteiger partial charge on any atom is -0.405 e. The number of halogens is 8. The molecule has 0 amide bonds. The summed E-state index contributed by atoms with van der Waals surface area (Å²) >= 11 is 10.1. The molecule has 0 spiro atoms. The Hall–Kier alpha value is -5.54. The molecule has 2 heterocycles. The largest absolute Gasteiger partial charge is 0.573 e. The van der Waals surface area contributed by atoms with Crippen LogP contribution in [0, 0.1) is 34.5 Å². The second-order valence-electron chi connectivity index (χ2n) is 15.7. The summed E-state index contributed by atoms with van der Waals surface area (Å²) in [5.41, 5.74) is 7.16. The average Bonchev–Trinajstić information content (AvgIpc) is 3.29. The number of ether oxygens (including phenoxy) is 2. The zero-order valence-corrected chi connectivity index (χ0v) is 38.0. The van der Waals surface area contributed by atoms with E-state index in [1.54, 1.807) is 12.1 Å². The third-order valence-corrected chi connectivity index (χ3v) is 11.3. The summed E-state index contributed by atoms with van der Waals surface area (Å²) in [6.07, 6.45) is 1.70. The van der Waals surface area contributed by atoms with Gasteiger partial charge >= 0.3 is 12.7 Å². The van der Waals surface area contributed by atoms with Crippen molar-refractivity contribution >= 4 is 46.7 Å². The standard InChI is InChI=1S/C22H27F3N6O.C20H23F3N6O.C2H4Cl2.CH4/c1-31(2)18-9-7-15(8-10-18)12-27-20-17(11-26)14-29-21(30-20)28-13-16-5-3-4-6-19(16)32-22(23,24)25;21-20(22,23)30-17-4-2-1-3-14(17)11-27-19-28-12-15(9-24)18(29-19)26-10-13-5-7-16(25)8-6-13;3-1-2-4;/h3-6,14-15,18H,7-10,12-13H2,1-2H3,(H2,27,28,29,30);1-4,12-13,16H,5-8,10-11,25H2,(H2,26,27,28,29);1-2H2;1H4. The lowest BCUT2D eigenvalue weighted by atomic mass is 9.85. The number of hydrogen-bond acceptors (Lipinski definition) is 14. The summed E-state index contributed by atoms with van der Waals surface area (Å²) in [4.78, 5) is 19.1. The van der Waals surface area contributed by atoms with Gasteiger partial charge in [-0.05, 0) is 89.4 Å². The molecule has 2 aromatic carbocycles. The highest BCUT2D eigenvalue weighted by Gasteiger charge is 2.33. The van der Waals surface area contributed by atoms with Gasteiger partial charge in [-0.15, -0.1) is 49.5 Å². The summed E-state index contributed by atoms with van der Waals surface area (Å²) < 4.78 is 83.7. The molecule has 0 unspecified atom stereocenters. The lowest BCUT2D eigenvalue weighted by Gasteiger charge is -2.32. The molecule has 2 aliphatic carbocycles. The van der Waals surface area contributed by atoms with Crippen LogP contribution in [0.3, 0.4) is 0 Å². The molecule has 2 aliphatic rings. The van der Waals surface area contributed by atoms with Crippen LogP contribution in [0.15, 0.2) is 60.9 Å². The molecule has 6 rings (SSSR count). The maximum atomic E-state index is 12.6. The maximum absolute atomic E-state index is 12.6. The van der Waals surface area contributed by atoms with Crippen molar-refractivity contribution in [3.8, 4) is 23.6 Å². The number of alkyl halides is 8. The predicted molar refractivity (Wildman–Crippen MR) is 249 cm³/mol. The molecular formula is C45H58Cl2F6N12O2. The fourth-order valence-electron chi connectivity index (χ4n) is 7.20. The second-order valence-corrected chi connectivity index (χ2v) is 16.5. The van der Waals surface area contributed by atoms with Crippen LogP contribution in [-0.2, 0) is 13.1 Å². The number of aromatic nitrogens is 4. The zero-order valence-electron chi connectivity index (χ0n) is 36.5. The minimum absolute atomic E-state index is 0. The molecular weight excluding hydrogens is 925 g/mol. The lowest BCUT2D eigenvalue weighted by Crippen LogP contribution is -2.33. The molecule has 2 saturated carbocycles. The molecule has 2 aromatic heterocycles. The number of hydrogen-bond donors (Lipinski definition) is 5. The van der Waals surface area contributed by atoms with Crippen LogP contribution in [0.5, 0.6) is 11.5 Å². The van der Waals surface area contributed by atoms with Crippen LogP contribution >= 0.6 is 23.2 Å². The average molecular weight is 984 g/mol. The SMILES string of the molecule is C.CN(C)C1CCC(CNc2nc(NCc3ccccc3OC(F)(F)F)ncc2C#N)CC1.ClCCCl.N#Cc1cnc(NCc2ccccc2OC(F)(F)F)nc1NCC1CCC(N)CC1. The van der Waals surface area contributed by atoms with E-state index in [1.807, 2.05) is 6.07 Å². The van der Waals surface area contributed by atoms with Gasteiger partial charge in [0.2, 0.25) is 11.9 Å². The topological polar surface area (TPSA) is 195 Å². The van der Waals surface area contributed by atoms with Crippen molar-refractivity contribution in [3.05, 3.63) is 83.2 Å². The van der Waals surface area contributed by atoms with Gasteiger partial charge in [-0.2, -0.15) is 20.5 Å². The van der Waals surface area contributed by atoms with Crippen LogP contribution in [-0.4, -0.2) is 88.6 Å². The minimum atomic E-state index is -4.78. The number of anilines is 4. The molecule has 4 aromatic rings. The van der Waals surface area contributed by atoms with E-state index < -0.39 is 12.7 Å². The Kier molecular flexibility index (Phi) is 23.3. The van der Waals surface area contributed by atoms with E-state index in [-0.39, 0.29) is 50.0 Å². The lowest BCUT2D eigenvalue weighted by molar-refractivity contribution is -0.275. The van der Waals surface area contributed by atoms with Crippen LogP contribution in [0.4, 0.5) is 49.9 Å². The first-order valence-electron chi connectivity index (χ1n) is 21.2. The van der Waals surface area contributed by atoms with Crippen molar-refractivity contribution in [1.82, 2.24) is 24.8 Å². The number of nitriles is 2. The summed E-state index contributed by atoms with van der Waals surface area (Å²) in [7, 11) is 4.21. The molecule has 14 nitrogen and oxygen atoms in total. The van der Waals surface area contributed by atoms with Gasteiger partial charge in [0, 0.05) is 61.1 Å². The van der Waals surface area contributed by atoms with Crippen LogP contribution < -0.4 is 36.5 Å². The fourth-order valence-corrected chi connectivity index (χ4v) is 7.20. The number of nitrogens with one attached hydrogen (secondary N) is 4. The van der Waals surface area contributed by atoms with E-state index in [1.165, 1.54) is 48.8 Å². The van der Waals surface area contributed by atoms with Crippen LogP contribution in [0.1, 0.15) is 81.0 Å². The van der Waals surface area contributed by atoms with Crippen molar-refractivity contribution in [2.24, 2.45) is 17.6 Å². The van der Waals surface area contributed by atoms with Gasteiger partial charge in [-0.1, -0.05) is 43.8 Å². The number of nitrogens with zero attached hydrogens (tertiary/aromatic N) is 7. The highest BCUT2D eigenvalue weighted by atomic mass is 35.5. The smallest absolute Gasteiger partial charge is 0.405 e. The Bertz CT molecular complexity index is 2170. The summed E-state index contributed by atoms with van der Waals surface area (Å²) in [5.74, 6) is 2.71. The molecule has 22 heteroatoms. The van der Waals surface area contributed by atoms with Gasteiger partial charge in [0.05, 0.1) is 12.4 Å². The number of rotatable bonds is 16. The first-order chi connectivity index (χ1) is 31.5. The summed E-state index contributed by atoms with van der Waals surface area (Å²) in [5, 5.41) is 30.9. The van der Waals surface area contributed by atoms with Crippen molar-refractivity contribution in [1.29, 1.82) is 10.5 Å². The first-order valence-corrected chi connectivity index (χ1v) is 22.3. The Morgan fingerprint density at radius 3 is 1.40 bits per heavy atom. The highest BCUT2D eigenvalue weighted by molar-refractivity contribution is 6.25. The Balaban J connectivity index is 0.000000325. The second kappa shape index (κ2) is 27.9. The van der Waals surface area contributed by atoms with Gasteiger partial charge in [0.25, 0.3) is 0 Å². The van der Waals surface area contributed by atoms with E-state index in [9.17, 15) is 36.9 Å². The first kappa shape index (κ1) is 55.8. The molecule has 2 fully saturated rings. The fraction of sp³-hybridized carbons (Fsp3) is 0.511. The van der Waals surface area contributed by atoms with Gasteiger partial charge in [0.15, 0.2) is 0 Å². The van der Waals surface area contributed by atoms with Gasteiger partial charge < -0.3 is 41.4 Å². The zero-order chi connectivity index (χ0) is 48.1.